The van der Waals surface area contributed by atoms with Gasteiger partial charge in [0.2, 0.25) is 0 Å². The van der Waals surface area contributed by atoms with Gasteiger partial charge in [-0.25, -0.2) is 4.79 Å². The second kappa shape index (κ2) is 5.79. The number of amides is 1. The maximum atomic E-state index is 12.1. The zero-order valence-electron chi connectivity index (χ0n) is 11.4. The van der Waals surface area contributed by atoms with Crippen LogP contribution < -0.4 is 0 Å². The second-order valence-corrected chi connectivity index (χ2v) is 4.89. The Morgan fingerprint density at radius 3 is 2.10 bits per heavy atom. The van der Waals surface area contributed by atoms with Crippen molar-refractivity contribution in [3.63, 3.8) is 0 Å². The highest BCUT2D eigenvalue weighted by Crippen LogP contribution is 2.42. The van der Waals surface area contributed by atoms with Crippen molar-refractivity contribution in [3.8, 4) is 0 Å². The lowest BCUT2D eigenvalue weighted by atomic mass is 9.95. The number of nitrogens with zero attached hydrogens (tertiary/aromatic N) is 1. The number of carbonyl (C=O) groups is 2. The molecule has 2 aromatic rings. The molecule has 1 aliphatic rings. The fraction of sp³-hybridized carbons (Fsp3) is 0.176. The largest absolute Gasteiger partial charge is 0.439 e. The third kappa shape index (κ3) is 2.52. The van der Waals surface area contributed by atoms with Gasteiger partial charge in [-0.15, -0.1) is 0 Å². The molecule has 0 saturated carbocycles. The second-order valence-electron chi connectivity index (χ2n) is 4.89. The van der Waals surface area contributed by atoms with Crippen LogP contribution in [0.2, 0.25) is 0 Å². The summed E-state index contributed by atoms with van der Waals surface area (Å²) in [7, 11) is 0. The van der Waals surface area contributed by atoms with Crippen LogP contribution in [0.3, 0.4) is 0 Å². The predicted octanol–water partition coefficient (Wildman–Crippen LogP) is 3.12. The minimum Gasteiger partial charge on any atom is -0.439 e. The summed E-state index contributed by atoms with van der Waals surface area (Å²) in [5.74, 6) is 0. The van der Waals surface area contributed by atoms with E-state index in [1.807, 2.05) is 60.7 Å². The van der Waals surface area contributed by atoms with Gasteiger partial charge in [0.15, 0.2) is 6.10 Å². The van der Waals surface area contributed by atoms with Gasteiger partial charge in [-0.05, 0) is 11.1 Å². The highest BCUT2D eigenvalue weighted by Gasteiger charge is 2.43. The highest BCUT2D eigenvalue weighted by molar-refractivity contribution is 5.74. The minimum atomic E-state index is -0.454. The summed E-state index contributed by atoms with van der Waals surface area (Å²) in [6.45, 7) is 0.0295. The molecule has 0 aromatic heterocycles. The fourth-order valence-electron chi connectivity index (χ4n) is 2.68. The van der Waals surface area contributed by atoms with Gasteiger partial charge in [0.1, 0.15) is 12.3 Å². The summed E-state index contributed by atoms with van der Waals surface area (Å²) < 4.78 is 5.51. The minimum absolute atomic E-state index is 0.0295. The van der Waals surface area contributed by atoms with Crippen LogP contribution in [0.1, 0.15) is 23.3 Å². The Balaban J connectivity index is 2.03. The first-order valence-electron chi connectivity index (χ1n) is 6.82. The molecule has 0 aliphatic carbocycles. The van der Waals surface area contributed by atoms with Crippen LogP contribution >= 0.6 is 0 Å². The molecular weight excluding hydrogens is 266 g/mol. The molecule has 1 aliphatic heterocycles. The van der Waals surface area contributed by atoms with E-state index in [2.05, 4.69) is 0 Å². The number of aldehydes is 1. The molecule has 3 rings (SSSR count). The Hall–Kier alpha value is -2.62. The van der Waals surface area contributed by atoms with Crippen molar-refractivity contribution in [1.82, 2.24) is 4.90 Å². The van der Waals surface area contributed by atoms with E-state index in [4.69, 9.17) is 4.74 Å². The monoisotopic (exact) mass is 281 g/mol. The third-order valence-electron chi connectivity index (χ3n) is 3.63. The number of ether oxygens (including phenoxy) is 1. The van der Waals surface area contributed by atoms with Gasteiger partial charge < -0.3 is 9.53 Å². The molecule has 2 aromatic carbocycles. The lowest BCUT2D eigenvalue weighted by Gasteiger charge is -2.23. The van der Waals surface area contributed by atoms with Crippen LogP contribution in [0.5, 0.6) is 0 Å². The summed E-state index contributed by atoms with van der Waals surface area (Å²) in [5, 5.41) is 0. The first-order valence-corrected chi connectivity index (χ1v) is 6.82. The van der Waals surface area contributed by atoms with Crippen molar-refractivity contribution >= 4 is 12.4 Å². The van der Waals surface area contributed by atoms with Crippen LogP contribution in [0.4, 0.5) is 4.79 Å². The molecule has 4 heteroatoms. The standard InChI is InChI=1S/C17H15NO3/c19-12-11-18-15(13-7-3-1-4-8-13)16(21-17(18)20)14-9-5-2-6-10-14/h1-10,12,15-16H,11H2. The summed E-state index contributed by atoms with van der Waals surface area (Å²) in [6, 6.07) is 19.0. The number of carbonyl (C=O) groups excluding carboxylic acids is 2. The Labute approximate surface area is 123 Å². The molecule has 1 fully saturated rings. The summed E-state index contributed by atoms with van der Waals surface area (Å²) >= 11 is 0. The first-order chi connectivity index (χ1) is 10.3. The van der Waals surface area contributed by atoms with Gasteiger partial charge in [-0.1, -0.05) is 60.7 Å². The van der Waals surface area contributed by atoms with Gasteiger partial charge >= 0.3 is 6.09 Å². The molecule has 4 nitrogen and oxygen atoms in total. The van der Waals surface area contributed by atoms with Crippen molar-refractivity contribution < 1.29 is 14.3 Å². The molecule has 1 amide bonds. The quantitative estimate of drug-likeness (QED) is 0.809. The van der Waals surface area contributed by atoms with Crippen LogP contribution in [-0.4, -0.2) is 23.8 Å². The Morgan fingerprint density at radius 2 is 1.52 bits per heavy atom. The van der Waals surface area contributed by atoms with E-state index in [0.717, 1.165) is 17.4 Å². The molecule has 0 N–H and O–H groups in total. The first kappa shape index (κ1) is 13.4. The molecule has 0 spiro atoms. The molecule has 21 heavy (non-hydrogen) atoms. The molecule has 2 unspecified atom stereocenters. The van der Waals surface area contributed by atoms with E-state index in [0.29, 0.717) is 0 Å². The number of cyclic esters (lactones) is 1. The van der Waals surface area contributed by atoms with Crippen LogP contribution in [0.15, 0.2) is 60.7 Å². The SMILES string of the molecule is O=CCN1C(=O)OC(c2ccccc2)C1c1ccccc1. The molecule has 106 valence electrons. The zero-order valence-corrected chi connectivity index (χ0v) is 11.4. The van der Waals surface area contributed by atoms with E-state index in [1.165, 1.54) is 4.90 Å². The van der Waals surface area contributed by atoms with Crippen LogP contribution in [0.25, 0.3) is 0 Å². The number of benzene rings is 2. The maximum Gasteiger partial charge on any atom is 0.411 e. The molecule has 1 saturated heterocycles. The Morgan fingerprint density at radius 1 is 0.952 bits per heavy atom. The number of hydrogen-bond donors (Lipinski definition) is 0. The van der Waals surface area contributed by atoms with Crippen molar-refractivity contribution in [2.45, 2.75) is 12.1 Å². The average molecular weight is 281 g/mol. The Bertz CT molecular complexity index is 627. The van der Waals surface area contributed by atoms with Crippen LogP contribution in [-0.2, 0) is 9.53 Å². The molecular formula is C17H15NO3. The van der Waals surface area contributed by atoms with Crippen molar-refractivity contribution in [2.75, 3.05) is 6.54 Å². The third-order valence-corrected chi connectivity index (χ3v) is 3.63. The van der Waals surface area contributed by atoms with E-state index < -0.39 is 12.2 Å². The summed E-state index contributed by atoms with van der Waals surface area (Å²) in [6.07, 6.45) is -0.129. The van der Waals surface area contributed by atoms with Crippen LogP contribution in [0, 0.1) is 0 Å². The van der Waals surface area contributed by atoms with Gasteiger partial charge in [0, 0.05) is 0 Å². The van der Waals surface area contributed by atoms with Gasteiger partial charge in [0.05, 0.1) is 6.54 Å². The molecule has 0 bridgehead atoms. The normalized spacial score (nSPS) is 21.1. The Kier molecular flexibility index (Phi) is 3.69. The maximum absolute atomic E-state index is 12.1. The van der Waals surface area contributed by atoms with E-state index in [9.17, 15) is 9.59 Å². The lowest BCUT2D eigenvalue weighted by molar-refractivity contribution is -0.108. The smallest absolute Gasteiger partial charge is 0.411 e. The average Bonchev–Trinajstić information content (AvgIpc) is 2.86. The van der Waals surface area contributed by atoms with E-state index >= 15 is 0 Å². The van der Waals surface area contributed by atoms with Gasteiger partial charge in [-0.2, -0.15) is 0 Å². The summed E-state index contributed by atoms with van der Waals surface area (Å²) in [4.78, 5) is 24.4. The van der Waals surface area contributed by atoms with Crippen molar-refractivity contribution in [1.29, 1.82) is 0 Å². The predicted molar refractivity (Wildman–Crippen MR) is 77.6 cm³/mol. The highest BCUT2D eigenvalue weighted by atomic mass is 16.6. The molecule has 2 atom stereocenters. The van der Waals surface area contributed by atoms with Crippen molar-refractivity contribution in [3.05, 3.63) is 71.8 Å². The lowest BCUT2D eigenvalue weighted by Crippen LogP contribution is -2.29. The number of rotatable bonds is 4. The zero-order chi connectivity index (χ0) is 14.7. The van der Waals surface area contributed by atoms with Gasteiger partial charge in [-0.3, -0.25) is 4.90 Å². The fourth-order valence-corrected chi connectivity index (χ4v) is 2.68. The summed E-state index contributed by atoms with van der Waals surface area (Å²) in [5.41, 5.74) is 1.88. The molecule has 0 radical (unpaired) electrons. The molecule has 1 heterocycles. The van der Waals surface area contributed by atoms with Gasteiger partial charge in [0.25, 0.3) is 0 Å². The number of hydrogen-bond acceptors (Lipinski definition) is 3. The van der Waals surface area contributed by atoms with E-state index in [1.54, 1.807) is 0 Å². The van der Waals surface area contributed by atoms with Crippen molar-refractivity contribution in [2.24, 2.45) is 0 Å². The van der Waals surface area contributed by atoms with E-state index in [-0.39, 0.29) is 12.6 Å². The topological polar surface area (TPSA) is 46.6 Å².